The summed E-state index contributed by atoms with van der Waals surface area (Å²) in [6.07, 6.45) is 1.44. The van der Waals surface area contributed by atoms with Gasteiger partial charge in [-0.05, 0) is 18.8 Å². The lowest BCUT2D eigenvalue weighted by atomic mass is 9.77. The number of nitrogens with zero attached hydrogens (tertiary/aromatic N) is 1. The van der Waals surface area contributed by atoms with Crippen molar-refractivity contribution in [2.45, 2.75) is 38.7 Å². The lowest BCUT2D eigenvalue weighted by Gasteiger charge is -2.28. The molecule has 0 radical (unpaired) electrons. The smallest absolute Gasteiger partial charge is 0.426 e. The monoisotopic (exact) mass is 214 g/mol. The molecule has 0 bridgehead atoms. The number of rotatable bonds is 3. The van der Waals surface area contributed by atoms with Crippen LogP contribution in [0.4, 0.5) is 0 Å². The molecule has 15 heavy (non-hydrogen) atoms. The Morgan fingerprint density at radius 1 is 1.53 bits per heavy atom. The van der Waals surface area contributed by atoms with Gasteiger partial charge in [0.05, 0.1) is 12.0 Å². The minimum Gasteiger partial charge on any atom is -0.426 e. The third-order valence-corrected chi connectivity index (χ3v) is 2.93. The predicted molar refractivity (Wildman–Crippen MR) is 57.7 cm³/mol. The van der Waals surface area contributed by atoms with Gasteiger partial charge in [0, 0.05) is 6.54 Å². The van der Waals surface area contributed by atoms with Crippen LogP contribution in [0.5, 0.6) is 0 Å². The molecule has 6 heteroatoms. The summed E-state index contributed by atoms with van der Waals surface area (Å²) in [5, 5.41) is 18.2. The minimum absolute atomic E-state index is 0.0644. The first-order valence-corrected chi connectivity index (χ1v) is 5.37. The highest BCUT2D eigenvalue weighted by atomic mass is 16.4. The zero-order chi connectivity index (χ0) is 11.6. The summed E-state index contributed by atoms with van der Waals surface area (Å²) >= 11 is 0. The summed E-state index contributed by atoms with van der Waals surface area (Å²) in [7, 11) is -1.46. The number of nitrogens with two attached hydrogens (primary N) is 1. The molecule has 86 valence electrons. The Morgan fingerprint density at radius 3 is 2.60 bits per heavy atom. The van der Waals surface area contributed by atoms with Crippen LogP contribution in [0.15, 0.2) is 0 Å². The van der Waals surface area contributed by atoms with Gasteiger partial charge in [0.15, 0.2) is 0 Å². The summed E-state index contributed by atoms with van der Waals surface area (Å²) in [5.41, 5.74) is 5.75. The highest BCUT2D eigenvalue weighted by molar-refractivity contribution is 6.43. The Balaban J connectivity index is 2.66. The molecule has 0 aliphatic carbocycles. The maximum atomic E-state index is 11.9. The molecule has 5 nitrogen and oxygen atoms in total. The molecule has 1 saturated heterocycles. The summed E-state index contributed by atoms with van der Waals surface area (Å²) < 4.78 is 0. The molecule has 1 aliphatic heterocycles. The van der Waals surface area contributed by atoms with Crippen molar-refractivity contribution >= 4 is 13.0 Å². The molecular weight excluding hydrogens is 195 g/mol. The molecule has 0 aromatic carbocycles. The van der Waals surface area contributed by atoms with Crippen molar-refractivity contribution in [2.75, 3.05) is 6.54 Å². The van der Waals surface area contributed by atoms with Crippen LogP contribution in [0.3, 0.4) is 0 Å². The molecule has 1 fully saturated rings. The lowest BCUT2D eigenvalue weighted by Crippen LogP contribution is -2.52. The van der Waals surface area contributed by atoms with Gasteiger partial charge < -0.3 is 20.7 Å². The fourth-order valence-electron chi connectivity index (χ4n) is 1.85. The van der Waals surface area contributed by atoms with Crippen molar-refractivity contribution in [3.8, 4) is 0 Å². The van der Waals surface area contributed by atoms with Crippen molar-refractivity contribution in [1.29, 1.82) is 0 Å². The van der Waals surface area contributed by atoms with Crippen LogP contribution >= 0.6 is 0 Å². The maximum Gasteiger partial charge on any atom is 0.475 e. The van der Waals surface area contributed by atoms with E-state index in [1.165, 1.54) is 4.90 Å². The van der Waals surface area contributed by atoms with Gasteiger partial charge in [-0.1, -0.05) is 13.8 Å². The third kappa shape index (κ3) is 2.71. The van der Waals surface area contributed by atoms with Crippen LogP contribution in [-0.2, 0) is 4.79 Å². The second-order valence-electron chi connectivity index (χ2n) is 4.42. The summed E-state index contributed by atoms with van der Waals surface area (Å²) in [6.45, 7) is 4.33. The molecular formula is C9H19BN2O3. The molecule has 0 aromatic rings. The number of carbonyl (C=O) groups excluding carboxylic acids is 1. The van der Waals surface area contributed by atoms with E-state index in [1.54, 1.807) is 0 Å². The van der Waals surface area contributed by atoms with E-state index < -0.39 is 19.1 Å². The van der Waals surface area contributed by atoms with Gasteiger partial charge >= 0.3 is 7.12 Å². The average molecular weight is 214 g/mol. The zero-order valence-electron chi connectivity index (χ0n) is 9.26. The molecule has 2 atom stereocenters. The minimum atomic E-state index is -1.46. The number of hydrogen-bond donors (Lipinski definition) is 3. The van der Waals surface area contributed by atoms with Crippen LogP contribution in [0.1, 0.15) is 26.7 Å². The molecule has 1 heterocycles. The van der Waals surface area contributed by atoms with E-state index in [0.717, 1.165) is 6.42 Å². The van der Waals surface area contributed by atoms with Gasteiger partial charge in [-0.2, -0.15) is 0 Å². The number of likely N-dealkylation sites (tertiary alicyclic amines) is 1. The van der Waals surface area contributed by atoms with Crippen LogP contribution in [0.2, 0.25) is 0 Å². The molecule has 1 aliphatic rings. The largest absolute Gasteiger partial charge is 0.475 e. The lowest BCUT2D eigenvalue weighted by molar-refractivity contribution is -0.133. The summed E-state index contributed by atoms with van der Waals surface area (Å²) in [5.74, 6) is -0.600. The molecule has 0 spiro atoms. The van der Waals surface area contributed by atoms with Gasteiger partial charge in [0.25, 0.3) is 0 Å². The molecule has 0 saturated carbocycles. The van der Waals surface area contributed by atoms with Crippen LogP contribution in [0, 0.1) is 5.92 Å². The van der Waals surface area contributed by atoms with E-state index in [1.807, 2.05) is 13.8 Å². The van der Waals surface area contributed by atoms with Crippen molar-refractivity contribution < 1.29 is 14.8 Å². The van der Waals surface area contributed by atoms with Gasteiger partial charge in [-0.15, -0.1) is 0 Å². The third-order valence-electron chi connectivity index (χ3n) is 2.93. The van der Waals surface area contributed by atoms with Crippen LogP contribution < -0.4 is 5.73 Å². The normalized spacial score (nSPS) is 23.3. The van der Waals surface area contributed by atoms with E-state index in [9.17, 15) is 4.79 Å². The van der Waals surface area contributed by atoms with Gasteiger partial charge in [-0.25, -0.2) is 0 Å². The second-order valence-corrected chi connectivity index (χ2v) is 4.42. The van der Waals surface area contributed by atoms with Crippen molar-refractivity contribution in [2.24, 2.45) is 11.7 Å². The van der Waals surface area contributed by atoms with E-state index in [0.29, 0.717) is 13.0 Å². The van der Waals surface area contributed by atoms with Gasteiger partial charge in [-0.3, -0.25) is 4.79 Å². The first-order chi connectivity index (χ1) is 6.95. The Labute approximate surface area is 90.4 Å². The molecule has 4 N–H and O–H groups in total. The molecule has 0 aromatic heterocycles. The Morgan fingerprint density at radius 2 is 2.13 bits per heavy atom. The van der Waals surface area contributed by atoms with Crippen molar-refractivity contribution in [3.05, 3.63) is 0 Å². The zero-order valence-corrected chi connectivity index (χ0v) is 9.26. The van der Waals surface area contributed by atoms with Crippen LogP contribution in [-0.4, -0.2) is 46.5 Å². The Hall–Kier alpha value is -0.585. The molecule has 1 unspecified atom stereocenters. The fourth-order valence-corrected chi connectivity index (χ4v) is 1.85. The maximum absolute atomic E-state index is 11.9. The quantitative estimate of drug-likeness (QED) is 0.524. The van der Waals surface area contributed by atoms with E-state index in [-0.39, 0.29) is 11.8 Å². The SMILES string of the molecule is CC(C)[C@@H](N)C(=O)N1CCCC1B(O)O. The summed E-state index contributed by atoms with van der Waals surface area (Å²) in [4.78, 5) is 13.4. The number of amides is 1. The van der Waals surface area contributed by atoms with Crippen LogP contribution in [0.25, 0.3) is 0 Å². The number of carbonyl (C=O) groups is 1. The van der Waals surface area contributed by atoms with Crippen molar-refractivity contribution in [1.82, 2.24) is 4.90 Å². The summed E-state index contributed by atoms with van der Waals surface area (Å²) in [6, 6.07) is -0.552. The fraction of sp³-hybridized carbons (Fsp3) is 0.889. The Bertz CT molecular complexity index is 235. The van der Waals surface area contributed by atoms with Gasteiger partial charge in [0.1, 0.15) is 0 Å². The van der Waals surface area contributed by atoms with Crippen molar-refractivity contribution in [3.63, 3.8) is 0 Å². The molecule has 1 amide bonds. The Kier molecular flexibility index (Phi) is 4.13. The first kappa shape index (κ1) is 12.5. The second kappa shape index (κ2) is 4.96. The highest BCUT2D eigenvalue weighted by Gasteiger charge is 2.38. The highest BCUT2D eigenvalue weighted by Crippen LogP contribution is 2.19. The molecule has 1 rings (SSSR count). The predicted octanol–water partition coefficient (Wildman–Crippen LogP) is -1.03. The topological polar surface area (TPSA) is 86.8 Å². The van der Waals surface area contributed by atoms with E-state index in [4.69, 9.17) is 15.8 Å². The standard InChI is InChI=1S/C9H19BN2O3/c1-6(2)8(11)9(13)12-5-3-4-7(12)10(14)15/h6-8,14-15H,3-5,11H2,1-2H3/t7?,8-/m1/s1. The number of hydrogen-bond acceptors (Lipinski definition) is 4. The van der Waals surface area contributed by atoms with E-state index >= 15 is 0 Å². The average Bonchev–Trinajstić information content (AvgIpc) is 2.63. The van der Waals surface area contributed by atoms with Gasteiger partial charge in [0.2, 0.25) is 5.91 Å². The first-order valence-electron chi connectivity index (χ1n) is 5.37. The van der Waals surface area contributed by atoms with E-state index in [2.05, 4.69) is 0 Å².